The number of nitrogens with two attached hydrogens (primary N) is 1. The summed E-state index contributed by atoms with van der Waals surface area (Å²) in [5, 5.41) is 8.98. The van der Waals surface area contributed by atoms with E-state index in [0.29, 0.717) is 0 Å². The summed E-state index contributed by atoms with van der Waals surface area (Å²) in [5.74, 6) is 0. The molecule has 0 bridgehead atoms. The van der Waals surface area contributed by atoms with Crippen molar-refractivity contribution in [3.05, 3.63) is 59.1 Å². The lowest BCUT2D eigenvalue weighted by molar-refractivity contribution is 0.598. The Kier molecular flexibility index (Phi) is 4.65. The number of hydrogen-bond donors (Lipinski definition) is 2. The number of halogens is 1. The topological polar surface area (TPSA) is 72.2 Å². The van der Waals surface area contributed by atoms with Gasteiger partial charge in [0, 0.05) is 17.3 Å². The van der Waals surface area contributed by atoms with E-state index in [4.69, 9.17) is 16.7 Å². The minimum Gasteiger partial charge on any atom is -0.385 e. The zero-order valence-electron chi connectivity index (χ0n) is 10.7. The van der Waals surface area contributed by atoms with Crippen molar-refractivity contribution in [2.24, 2.45) is 5.14 Å². The SMILES string of the molecule is NS(=O)(=O)c1ccc(NCCc2ccc(Cl)cc2)cc1. The van der Waals surface area contributed by atoms with Crippen molar-refractivity contribution in [2.45, 2.75) is 11.3 Å². The fourth-order valence-corrected chi connectivity index (χ4v) is 2.41. The third-order valence-electron chi connectivity index (χ3n) is 2.84. The van der Waals surface area contributed by atoms with Gasteiger partial charge in [0.2, 0.25) is 10.0 Å². The summed E-state index contributed by atoms with van der Waals surface area (Å²) in [5.41, 5.74) is 2.04. The quantitative estimate of drug-likeness (QED) is 0.891. The number of anilines is 1. The molecule has 0 unspecified atom stereocenters. The highest BCUT2D eigenvalue weighted by Gasteiger charge is 2.06. The van der Waals surface area contributed by atoms with Gasteiger partial charge in [-0.3, -0.25) is 0 Å². The minimum atomic E-state index is -3.63. The minimum absolute atomic E-state index is 0.112. The van der Waals surface area contributed by atoms with Crippen molar-refractivity contribution in [1.82, 2.24) is 0 Å². The first-order chi connectivity index (χ1) is 9.45. The summed E-state index contributed by atoms with van der Waals surface area (Å²) in [6.07, 6.45) is 0.855. The van der Waals surface area contributed by atoms with Crippen LogP contribution in [-0.4, -0.2) is 15.0 Å². The van der Waals surface area contributed by atoms with E-state index >= 15 is 0 Å². The monoisotopic (exact) mass is 310 g/mol. The fourth-order valence-electron chi connectivity index (χ4n) is 1.76. The van der Waals surface area contributed by atoms with Gasteiger partial charge in [0.25, 0.3) is 0 Å². The molecule has 20 heavy (non-hydrogen) atoms. The van der Waals surface area contributed by atoms with Gasteiger partial charge in [-0.05, 0) is 48.4 Å². The third-order valence-corrected chi connectivity index (χ3v) is 4.02. The summed E-state index contributed by atoms with van der Waals surface area (Å²) < 4.78 is 22.2. The lowest BCUT2D eigenvalue weighted by Crippen LogP contribution is -2.12. The summed E-state index contributed by atoms with van der Waals surface area (Å²) in [6.45, 7) is 0.746. The molecule has 0 aromatic heterocycles. The van der Waals surface area contributed by atoms with Crippen LogP contribution in [0.4, 0.5) is 5.69 Å². The molecule has 0 saturated carbocycles. The van der Waals surface area contributed by atoms with E-state index < -0.39 is 10.0 Å². The second-order valence-corrected chi connectivity index (χ2v) is 6.37. The van der Waals surface area contributed by atoms with Crippen molar-refractivity contribution >= 4 is 27.3 Å². The zero-order chi connectivity index (χ0) is 14.6. The molecule has 0 atom stereocenters. The Hall–Kier alpha value is -1.56. The smallest absolute Gasteiger partial charge is 0.238 e. The van der Waals surface area contributed by atoms with Crippen molar-refractivity contribution in [3.63, 3.8) is 0 Å². The molecule has 3 N–H and O–H groups in total. The second kappa shape index (κ2) is 6.26. The molecule has 0 spiro atoms. The first-order valence-corrected chi connectivity index (χ1v) is 7.99. The van der Waals surface area contributed by atoms with Gasteiger partial charge < -0.3 is 5.32 Å². The molecule has 0 aliphatic heterocycles. The maximum Gasteiger partial charge on any atom is 0.238 e. The molecule has 0 heterocycles. The highest BCUT2D eigenvalue weighted by molar-refractivity contribution is 7.89. The van der Waals surface area contributed by atoms with Crippen LogP contribution in [0.3, 0.4) is 0 Å². The average molecular weight is 311 g/mol. The predicted octanol–water partition coefficient (Wildman–Crippen LogP) is 2.64. The van der Waals surface area contributed by atoms with Crippen LogP contribution in [0.1, 0.15) is 5.56 Å². The fraction of sp³-hybridized carbons (Fsp3) is 0.143. The lowest BCUT2D eigenvalue weighted by Gasteiger charge is -2.07. The van der Waals surface area contributed by atoms with E-state index in [1.165, 1.54) is 17.7 Å². The Bertz CT molecular complexity index is 667. The molecule has 0 aliphatic carbocycles. The molecule has 0 saturated heterocycles. The second-order valence-electron chi connectivity index (χ2n) is 4.37. The molecule has 106 valence electrons. The standard InChI is InChI=1S/C14H15ClN2O2S/c15-12-3-1-11(2-4-12)9-10-17-13-5-7-14(8-6-13)20(16,18)19/h1-8,17H,9-10H2,(H2,16,18,19). The maximum absolute atomic E-state index is 11.1. The Morgan fingerprint density at radius 1 is 1.00 bits per heavy atom. The molecule has 0 amide bonds. The Morgan fingerprint density at radius 2 is 1.60 bits per heavy atom. The molecule has 0 radical (unpaired) electrons. The number of sulfonamides is 1. The lowest BCUT2D eigenvalue weighted by atomic mass is 10.1. The van der Waals surface area contributed by atoms with E-state index in [-0.39, 0.29) is 4.90 Å². The van der Waals surface area contributed by atoms with Crippen LogP contribution in [0.2, 0.25) is 5.02 Å². The molecular formula is C14H15ClN2O2S. The van der Waals surface area contributed by atoms with Crippen LogP contribution < -0.4 is 10.5 Å². The van der Waals surface area contributed by atoms with Crippen molar-refractivity contribution in [1.29, 1.82) is 0 Å². The van der Waals surface area contributed by atoms with Crippen LogP contribution >= 0.6 is 11.6 Å². The molecule has 0 aliphatic rings. The predicted molar refractivity (Wildman–Crippen MR) is 81.5 cm³/mol. The Labute approximate surface area is 123 Å². The van der Waals surface area contributed by atoms with Gasteiger partial charge in [-0.2, -0.15) is 0 Å². The normalized spacial score (nSPS) is 11.3. The van der Waals surface area contributed by atoms with Crippen LogP contribution in [0.15, 0.2) is 53.4 Å². The van der Waals surface area contributed by atoms with E-state index in [1.54, 1.807) is 12.1 Å². The van der Waals surface area contributed by atoms with Crippen molar-refractivity contribution < 1.29 is 8.42 Å². The van der Waals surface area contributed by atoms with Gasteiger partial charge in [-0.15, -0.1) is 0 Å². The first kappa shape index (κ1) is 14.8. The highest BCUT2D eigenvalue weighted by atomic mass is 35.5. The van der Waals surface area contributed by atoms with Crippen molar-refractivity contribution in [3.8, 4) is 0 Å². The number of hydrogen-bond acceptors (Lipinski definition) is 3. The third kappa shape index (κ3) is 4.23. The largest absolute Gasteiger partial charge is 0.385 e. The van der Waals surface area contributed by atoms with E-state index in [0.717, 1.165) is 23.7 Å². The number of nitrogens with one attached hydrogen (secondary N) is 1. The molecule has 2 rings (SSSR count). The van der Waals surface area contributed by atoms with Crippen LogP contribution in [0, 0.1) is 0 Å². The van der Waals surface area contributed by atoms with Gasteiger partial charge in [0.05, 0.1) is 4.90 Å². The van der Waals surface area contributed by atoms with Gasteiger partial charge >= 0.3 is 0 Å². The van der Waals surface area contributed by atoms with E-state index in [2.05, 4.69) is 5.32 Å². The molecule has 2 aromatic rings. The highest BCUT2D eigenvalue weighted by Crippen LogP contribution is 2.13. The van der Waals surface area contributed by atoms with Crippen LogP contribution in [0.5, 0.6) is 0 Å². The summed E-state index contributed by atoms with van der Waals surface area (Å²) in [4.78, 5) is 0.112. The number of benzene rings is 2. The average Bonchev–Trinajstić information content (AvgIpc) is 2.41. The van der Waals surface area contributed by atoms with E-state index in [1.807, 2.05) is 24.3 Å². The molecule has 6 heteroatoms. The van der Waals surface area contributed by atoms with Gasteiger partial charge in [-0.1, -0.05) is 23.7 Å². The number of rotatable bonds is 5. The van der Waals surface area contributed by atoms with Crippen molar-refractivity contribution in [2.75, 3.05) is 11.9 Å². The van der Waals surface area contributed by atoms with Gasteiger partial charge in [0.1, 0.15) is 0 Å². The van der Waals surface area contributed by atoms with Crippen LogP contribution in [-0.2, 0) is 16.4 Å². The number of primary sulfonamides is 1. The Morgan fingerprint density at radius 3 is 2.15 bits per heavy atom. The molecule has 4 nitrogen and oxygen atoms in total. The summed E-state index contributed by atoms with van der Waals surface area (Å²) >= 11 is 5.82. The molecule has 2 aromatic carbocycles. The Balaban J connectivity index is 1.90. The molecular weight excluding hydrogens is 296 g/mol. The van der Waals surface area contributed by atoms with E-state index in [9.17, 15) is 8.42 Å². The zero-order valence-corrected chi connectivity index (χ0v) is 12.3. The van der Waals surface area contributed by atoms with Gasteiger partial charge in [0.15, 0.2) is 0 Å². The van der Waals surface area contributed by atoms with Gasteiger partial charge in [-0.25, -0.2) is 13.6 Å². The maximum atomic E-state index is 11.1. The molecule has 0 fully saturated rings. The first-order valence-electron chi connectivity index (χ1n) is 6.06. The summed E-state index contributed by atoms with van der Waals surface area (Å²) in [7, 11) is -3.63. The summed E-state index contributed by atoms with van der Waals surface area (Å²) in [6, 6.07) is 14.0. The van der Waals surface area contributed by atoms with Crippen LogP contribution in [0.25, 0.3) is 0 Å².